The van der Waals surface area contributed by atoms with Crippen molar-refractivity contribution in [2.75, 3.05) is 192 Å². The van der Waals surface area contributed by atoms with Gasteiger partial charge in [-0.25, -0.2) is 26.3 Å². The first-order valence-corrected chi connectivity index (χ1v) is 54.5. The molecule has 32 nitrogen and oxygen atoms in total. The van der Waals surface area contributed by atoms with Gasteiger partial charge < -0.3 is 89.0 Å². The van der Waals surface area contributed by atoms with E-state index in [1.54, 1.807) is 41.5 Å². The molecular weight excluding hydrogens is 1930 g/mol. The van der Waals surface area contributed by atoms with Gasteiger partial charge in [-0.15, -0.1) is 0 Å². The van der Waals surface area contributed by atoms with Gasteiger partial charge in [0.2, 0.25) is 0 Å². The quantitative estimate of drug-likeness (QED) is 0.0129. The maximum Gasteiger partial charge on any atom is 0.262 e. The van der Waals surface area contributed by atoms with E-state index in [0.717, 1.165) is 226 Å². The van der Waals surface area contributed by atoms with E-state index in [1.165, 1.54) is 27.5 Å². The number of hydrogen-bond acceptors (Lipinski definition) is 24. The predicted octanol–water partition coefficient (Wildman–Crippen LogP) is 14.6. The summed E-state index contributed by atoms with van der Waals surface area (Å²) in [4.78, 5) is 38.9. The minimum Gasteiger partial charge on any atom is -0.392 e. The first-order chi connectivity index (χ1) is 72.1. The zero-order chi connectivity index (χ0) is 108. The first kappa shape index (κ1) is 114. The van der Waals surface area contributed by atoms with Gasteiger partial charge in [0.05, 0.1) is 50.8 Å². The number of likely N-dealkylation sites (N-methyl/N-ethyl adjacent to an activating group) is 2. The third-order valence-electron chi connectivity index (χ3n) is 28.7. The molecule has 8 aromatic carbocycles. The van der Waals surface area contributed by atoms with Crippen LogP contribution in [0.4, 0.5) is 22.7 Å². The lowest BCUT2D eigenvalue weighted by Gasteiger charge is -2.34. The number of allylic oxidation sites excluding steroid dienone is 6. The number of nitriles is 4. The van der Waals surface area contributed by atoms with Gasteiger partial charge in [-0.1, -0.05) is 100 Å². The highest BCUT2D eigenvalue weighted by atomic mass is 32.2. The Bertz CT molecular complexity index is 7340. The summed E-state index contributed by atoms with van der Waals surface area (Å²) >= 11 is 0. The molecule has 4 aliphatic rings. The summed E-state index contributed by atoms with van der Waals surface area (Å²) in [5.74, 6) is -0.938. The standard InChI is InChI=1S/C30H37N5O3.C29H37N5O4S.C29H35N5O2.C28H35N5O3S/c1-4-26(36)20-33-30(37)27(19-31)21(2)28-9-10-29(34(28)3)24-6-5-23-18-25(8-7-22(23)17-24)32-11-12-35-13-15-38-16-14-35;1-4-26(35)20-32-39(36,37)29(19-30)21(2)27-9-10-28(33(27)3)24-6-5-23-18-25(8-7-22(23)17-24)31-11-12-34-13-15-38-16-14-34;1-5-25(35)19-31-29(36)26(18-30)20(2)27-10-11-28(33(27)4)23-7-6-22-17-24(9-8-21(22)16-23)34-14-12-32(3)13-15-34;1-5-25(34)19-30-37(35,36)28(18-29)20(2)26-10-11-27(32(26)4)23-7-6-22-17-24(9-8-21(22)16-23)33-14-12-31(3)13-15-33/h5-10,17-18,26,32,36H,4,11-16,20H2,1-3H3,(H,33,37);5-10,17-18,26,31-32,35H,4,11-16,20H2,1-3H3;6-11,16-17,25,35H,5,12-15,19H2,1-4H3,(H,31,36);6-11,16-17,25,30,34H,5,12-15,19H2,1-4H3/b27-21+;29-21+;26-20+;28-20+. The van der Waals surface area contributed by atoms with Crippen LogP contribution in [0.1, 0.15) is 104 Å². The second kappa shape index (κ2) is 53.2. The summed E-state index contributed by atoms with van der Waals surface area (Å²) in [6, 6.07) is 74.6. The van der Waals surface area contributed by atoms with E-state index >= 15 is 0 Å². The third-order valence-corrected chi connectivity index (χ3v) is 31.7. The number of anilines is 4. The molecule has 10 N–H and O–H groups in total. The summed E-state index contributed by atoms with van der Waals surface area (Å²) < 4.78 is 74.4. The van der Waals surface area contributed by atoms with Crippen molar-refractivity contribution in [3.63, 3.8) is 0 Å². The molecule has 12 aromatic rings. The van der Waals surface area contributed by atoms with E-state index < -0.39 is 56.3 Å². The van der Waals surface area contributed by atoms with Crippen molar-refractivity contribution in [1.82, 2.24) is 57.9 Å². The number of carbonyl (C=O) groups excluding carboxylic acids is 2. The van der Waals surface area contributed by atoms with Gasteiger partial charge >= 0.3 is 0 Å². The second-order valence-corrected chi connectivity index (χ2v) is 42.2. The van der Waals surface area contributed by atoms with Crippen molar-refractivity contribution in [2.24, 2.45) is 28.2 Å². The third kappa shape index (κ3) is 28.8. The number of sulfonamides is 2. The fraction of sp³-hybridized carbons (Fsp3) is 0.397. The average molecular weight is 2070 g/mol. The molecule has 0 radical (unpaired) electrons. The highest BCUT2D eigenvalue weighted by Gasteiger charge is 2.29. The van der Waals surface area contributed by atoms with Crippen LogP contribution in [0.25, 0.3) is 110 Å². The Hall–Kier alpha value is -13.6. The van der Waals surface area contributed by atoms with Crippen LogP contribution in [0.15, 0.2) is 215 Å². The number of hydrogen-bond donors (Lipinski definition) is 10. The molecular formula is C116H144N20O12S2. The fourth-order valence-corrected chi connectivity index (χ4v) is 21.3. The van der Waals surface area contributed by atoms with Crippen molar-refractivity contribution in [1.29, 1.82) is 21.0 Å². The van der Waals surface area contributed by atoms with Crippen LogP contribution >= 0.6 is 0 Å². The van der Waals surface area contributed by atoms with Crippen molar-refractivity contribution < 1.29 is 56.3 Å². The number of amides is 2. The molecule has 2 amide bonds. The van der Waals surface area contributed by atoms with Crippen LogP contribution in [0.5, 0.6) is 0 Å². The maximum atomic E-state index is 12.8. The summed E-state index contributed by atoms with van der Waals surface area (Å²) in [6.07, 6.45) is -0.973. The number of morpholine rings is 2. The Kier molecular flexibility index (Phi) is 40.3. The van der Waals surface area contributed by atoms with E-state index in [9.17, 15) is 67.9 Å². The number of aliphatic hydroxyl groups excluding tert-OH is 4. The Balaban J connectivity index is 0.000000167. The number of carbonyl (C=O) groups is 2. The largest absolute Gasteiger partial charge is 0.392 e. The van der Waals surface area contributed by atoms with E-state index in [2.05, 4.69) is 214 Å². The second-order valence-electron chi connectivity index (χ2n) is 38.8. The number of fused-ring (bicyclic) bond motifs is 4. The normalized spacial score (nSPS) is 16.0. The lowest BCUT2D eigenvalue weighted by Crippen LogP contribution is -2.44. The molecule has 4 aliphatic heterocycles. The van der Waals surface area contributed by atoms with Crippen LogP contribution in [0.3, 0.4) is 0 Å². The Morgan fingerprint density at radius 2 is 0.613 bits per heavy atom. The molecule has 4 unspecified atom stereocenters. The Labute approximate surface area is 882 Å². The first-order valence-electron chi connectivity index (χ1n) is 51.6. The molecule has 16 rings (SSSR count). The minimum atomic E-state index is -4.06. The van der Waals surface area contributed by atoms with Gasteiger partial charge in [0, 0.05) is 239 Å². The lowest BCUT2D eigenvalue weighted by atomic mass is 10.0. The van der Waals surface area contributed by atoms with Crippen molar-refractivity contribution in [3.8, 4) is 69.3 Å². The average Bonchev–Trinajstić information content (AvgIpc) is 1.74. The van der Waals surface area contributed by atoms with E-state index in [1.807, 2.05) is 139 Å². The Morgan fingerprint density at radius 1 is 0.340 bits per heavy atom. The molecule has 150 heavy (non-hydrogen) atoms. The number of aromatic nitrogens is 4. The molecule has 0 saturated carbocycles. The van der Waals surface area contributed by atoms with Crippen LogP contribution < -0.4 is 40.5 Å². The monoisotopic (exact) mass is 2070 g/mol. The highest BCUT2D eigenvalue weighted by molar-refractivity contribution is 7.94. The molecule has 0 bridgehead atoms. The number of rotatable bonds is 36. The number of ether oxygens (including phenoxy) is 2. The topological polar surface area (TPSA) is 408 Å². The zero-order valence-electron chi connectivity index (χ0n) is 88.7. The molecule has 34 heteroatoms. The van der Waals surface area contributed by atoms with Gasteiger partial charge in [-0.2, -0.15) is 21.0 Å². The summed E-state index contributed by atoms with van der Waals surface area (Å²) in [7, 11) is 3.81. The van der Waals surface area contributed by atoms with Crippen LogP contribution in [0.2, 0.25) is 0 Å². The van der Waals surface area contributed by atoms with Gasteiger partial charge in [-0.3, -0.25) is 19.4 Å². The fourth-order valence-electron chi connectivity index (χ4n) is 18.9. The molecule has 4 saturated heterocycles. The van der Waals surface area contributed by atoms with Crippen LogP contribution in [-0.4, -0.2) is 283 Å². The van der Waals surface area contributed by atoms with Crippen LogP contribution in [-0.2, 0) is 67.3 Å². The summed E-state index contributed by atoms with van der Waals surface area (Å²) in [6.45, 7) is 33.3. The van der Waals surface area contributed by atoms with Crippen molar-refractivity contribution in [3.05, 3.63) is 238 Å². The van der Waals surface area contributed by atoms with Gasteiger partial charge in [0.25, 0.3) is 31.9 Å². The SMILES string of the molecule is CCC(O)CNC(=O)/C(C#N)=C(\C)c1ccc(-c2ccc3cc(N4CCN(C)CC4)ccc3c2)n1C.CCC(O)CNC(=O)/C(C#N)=C(\C)c1ccc(-c2ccc3cc(NCCN4CCOCC4)ccc3c2)n1C.CCC(O)CNS(=O)(=O)/C(C#N)=C(\C)c1ccc(-c2ccc3cc(N4CCN(C)CC4)ccc3c2)n1C.CCC(O)CNS(=O)(=O)/C(C#N)=C(\C)c1ccc(-c2ccc3cc(NCCN4CCOCC4)ccc3c2)n1C. The summed E-state index contributed by atoms with van der Waals surface area (Å²) in [5.41, 5.74) is 17.5. The number of nitrogens with zero attached hydrogens (tertiary/aromatic N) is 14. The molecule has 792 valence electrons. The van der Waals surface area contributed by atoms with Gasteiger partial charge in [0.15, 0.2) is 9.81 Å². The van der Waals surface area contributed by atoms with E-state index in [0.29, 0.717) is 59.4 Å². The van der Waals surface area contributed by atoms with Crippen molar-refractivity contribution in [2.45, 2.75) is 105 Å². The number of benzene rings is 8. The highest BCUT2D eigenvalue weighted by Crippen LogP contribution is 2.38. The smallest absolute Gasteiger partial charge is 0.262 e. The zero-order valence-corrected chi connectivity index (χ0v) is 90.3. The summed E-state index contributed by atoms with van der Waals surface area (Å²) in [5, 5.41) is 99.2. The number of aliphatic hydroxyl groups is 4. The Morgan fingerprint density at radius 3 is 0.907 bits per heavy atom. The molecule has 0 spiro atoms. The van der Waals surface area contributed by atoms with E-state index in [-0.39, 0.29) is 47.1 Å². The van der Waals surface area contributed by atoms with Crippen molar-refractivity contribution >= 4 is 120 Å². The number of nitrogens with one attached hydrogen (secondary N) is 6. The van der Waals surface area contributed by atoms with Crippen LogP contribution in [0, 0.1) is 45.3 Å². The molecule has 4 fully saturated rings. The molecule has 4 aromatic heterocycles. The number of piperazine rings is 2. The molecule has 0 aliphatic carbocycles. The minimum absolute atomic E-state index is 0.0493. The predicted molar refractivity (Wildman–Crippen MR) is 602 cm³/mol. The van der Waals surface area contributed by atoms with Gasteiger partial charge in [0.1, 0.15) is 35.4 Å². The maximum absolute atomic E-state index is 12.8. The van der Waals surface area contributed by atoms with Gasteiger partial charge in [-0.05, 0) is 265 Å². The molecule has 8 heterocycles. The lowest BCUT2D eigenvalue weighted by molar-refractivity contribution is -0.118. The van der Waals surface area contributed by atoms with E-state index in [4.69, 9.17) is 9.47 Å². The molecule has 4 atom stereocenters.